The van der Waals surface area contributed by atoms with Crippen LogP contribution in [-0.2, 0) is 11.3 Å². The van der Waals surface area contributed by atoms with E-state index < -0.39 is 5.25 Å². The van der Waals surface area contributed by atoms with Gasteiger partial charge < -0.3 is 4.90 Å². The second-order valence-corrected chi connectivity index (χ2v) is 8.59. The van der Waals surface area contributed by atoms with Gasteiger partial charge in [-0.3, -0.25) is 14.2 Å². The van der Waals surface area contributed by atoms with Crippen molar-refractivity contribution in [3.05, 3.63) is 101 Å². The minimum Gasteiger partial charge on any atom is -0.315 e. The molecule has 0 fully saturated rings. The predicted molar refractivity (Wildman–Crippen MR) is 127 cm³/mol. The molecular weight excluding hydrogens is 406 g/mol. The molecule has 1 amide bonds. The molecule has 0 radical (unpaired) electrons. The molecule has 0 aliphatic carbocycles. The van der Waals surface area contributed by atoms with Gasteiger partial charge in [0.2, 0.25) is 5.91 Å². The highest BCUT2D eigenvalue weighted by Crippen LogP contribution is 2.26. The largest absolute Gasteiger partial charge is 0.315 e. The van der Waals surface area contributed by atoms with Gasteiger partial charge in [0, 0.05) is 12.7 Å². The number of carbonyl (C=O) groups is 1. The van der Waals surface area contributed by atoms with Gasteiger partial charge in [-0.1, -0.05) is 72.4 Å². The topological polar surface area (TPSA) is 55.2 Å². The van der Waals surface area contributed by atoms with E-state index in [-0.39, 0.29) is 11.5 Å². The Morgan fingerprint density at radius 2 is 1.58 bits per heavy atom. The zero-order chi connectivity index (χ0) is 21.8. The molecule has 5 nitrogen and oxygen atoms in total. The van der Waals surface area contributed by atoms with E-state index in [4.69, 9.17) is 4.98 Å². The first-order chi connectivity index (χ1) is 15.0. The van der Waals surface area contributed by atoms with E-state index in [2.05, 4.69) is 0 Å². The maximum absolute atomic E-state index is 13.3. The number of rotatable bonds is 6. The van der Waals surface area contributed by atoms with Gasteiger partial charge >= 0.3 is 0 Å². The van der Waals surface area contributed by atoms with Crippen LogP contribution >= 0.6 is 11.8 Å². The summed E-state index contributed by atoms with van der Waals surface area (Å²) in [5.74, 6) is -0.0510. The summed E-state index contributed by atoms with van der Waals surface area (Å²) < 4.78 is 1.66. The number of nitrogens with zero attached hydrogens (tertiary/aromatic N) is 3. The molecule has 31 heavy (non-hydrogen) atoms. The molecular formula is C25H23N3O2S. The van der Waals surface area contributed by atoms with E-state index in [1.807, 2.05) is 85.8 Å². The molecule has 0 aliphatic rings. The summed E-state index contributed by atoms with van der Waals surface area (Å²) in [6.07, 6.45) is 0. The molecule has 4 aromatic rings. The summed E-state index contributed by atoms with van der Waals surface area (Å²) in [5, 5.41) is 0.693. The maximum Gasteiger partial charge on any atom is 0.262 e. The first kappa shape index (κ1) is 20.9. The summed E-state index contributed by atoms with van der Waals surface area (Å²) >= 11 is 1.31. The van der Waals surface area contributed by atoms with Gasteiger partial charge in [0.1, 0.15) is 0 Å². The number of benzene rings is 3. The third kappa shape index (κ3) is 4.54. The van der Waals surface area contributed by atoms with Crippen molar-refractivity contribution in [1.82, 2.24) is 9.55 Å². The highest BCUT2D eigenvalue weighted by atomic mass is 32.2. The molecule has 156 valence electrons. The van der Waals surface area contributed by atoms with Crippen LogP contribution < -0.4 is 10.5 Å². The maximum atomic E-state index is 13.3. The van der Waals surface area contributed by atoms with Crippen LogP contribution in [0.3, 0.4) is 0 Å². The molecule has 0 saturated carbocycles. The minimum atomic E-state index is -0.416. The van der Waals surface area contributed by atoms with Gasteiger partial charge in [-0.2, -0.15) is 0 Å². The number of carbonyl (C=O) groups excluding carboxylic acids is 1. The molecule has 1 atom stereocenters. The van der Waals surface area contributed by atoms with Gasteiger partial charge in [-0.05, 0) is 36.8 Å². The molecule has 0 N–H and O–H groups in total. The number of para-hydroxylation sites is 2. The Hall–Kier alpha value is -3.38. The van der Waals surface area contributed by atoms with Crippen molar-refractivity contribution in [3.63, 3.8) is 0 Å². The smallest absolute Gasteiger partial charge is 0.262 e. The first-order valence-electron chi connectivity index (χ1n) is 10.1. The van der Waals surface area contributed by atoms with Crippen LogP contribution in [-0.4, -0.2) is 27.8 Å². The lowest BCUT2D eigenvalue weighted by Crippen LogP contribution is -2.34. The van der Waals surface area contributed by atoms with E-state index in [0.717, 1.165) is 11.3 Å². The van der Waals surface area contributed by atoms with Crippen LogP contribution in [0.4, 0.5) is 5.69 Å². The van der Waals surface area contributed by atoms with Crippen molar-refractivity contribution >= 4 is 34.3 Å². The molecule has 0 unspecified atom stereocenters. The molecule has 0 spiro atoms. The third-order valence-electron chi connectivity index (χ3n) is 5.11. The van der Waals surface area contributed by atoms with Crippen molar-refractivity contribution < 1.29 is 4.79 Å². The van der Waals surface area contributed by atoms with Gasteiger partial charge in [0.25, 0.3) is 5.56 Å². The lowest BCUT2D eigenvalue weighted by atomic mass is 10.2. The van der Waals surface area contributed by atoms with Gasteiger partial charge in [0.15, 0.2) is 5.16 Å². The van der Waals surface area contributed by atoms with Crippen molar-refractivity contribution in [2.24, 2.45) is 0 Å². The van der Waals surface area contributed by atoms with E-state index in [9.17, 15) is 9.59 Å². The quantitative estimate of drug-likeness (QED) is 0.332. The molecule has 3 aromatic carbocycles. The number of hydrogen-bond acceptors (Lipinski definition) is 4. The Morgan fingerprint density at radius 1 is 0.968 bits per heavy atom. The Kier molecular flexibility index (Phi) is 6.18. The van der Waals surface area contributed by atoms with E-state index in [1.165, 1.54) is 11.8 Å². The van der Waals surface area contributed by atoms with Crippen LogP contribution in [0, 0.1) is 0 Å². The number of fused-ring (bicyclic) bond motifs is 1. The fourth-order valence-corrected chi connectivity index (χ4v) is 4.40. The normalized spacial score (nSPS) is 11.9. The van der Waals surface area contributed by atoms with Gasteiger partial charge in [-0.25, -0.2) is 4.98 Å². The molecule has 1 heterocycles. The van der Waals surface area contributed by atoms with Crippen molar-refractivity contribution in [2.75, 3.05) is 11.9 Å². The standard InChI is InChI=1S/C25H23N3O2S/c1-18(23(29)27(2)20-13-7-4-8-14-20)31-25-26-22-16-10-9-15-21(22)24(30)28(25)17-19-11-5-3-6-12-19/h3-16,18H,17H2,1-2H3/t18-/m0/s1. The van der Waals surface area contributed by atoms with Gasteiger partial charge in [-0.15, -0.1) is 0 Å². The second-order valence-electron chi connectivity index (χ2n) is 7.28. The average molecular weight is 430 g/mol. The van der Waals surface area contributed by atoms with E-state index in [1.54, 1.807) is 22.6 Å². The molecule has 4 rings (SSSR count). The van der Waals surface area contributed by atoms with Crippen LogP contribution in [0.2, 0.25) is 0 Å². The number of thioether (sulfide) groups is 1. The lowest BCUT2D eigenvalue weighted by Gasteiger charge is -2.22. The van der Waals surface area contributed by atoms with Crippen molar-refractivity contribution in [2.45, 2.75) is 23.9 Å². The van der Waals surface area contributed by atoms with E-state index >= 15 is 0 Å². The van der Waals surface area contributed by atoms with E-state index in [0.29, 0.717) is 22.6 Å². The highest BCUT2D eigenvalue weighted by Gasteiger charge is 2.23. The lowest BCUT2D eigenvalue weighted by molar-refractivity contribution is -0.117. The van der Waals surface area contributed by atoms with Crippen LogP contribution in [0.15, 0.2) is 94.9 Å². The number of anilines is 1. The Morgan fingerprint density at radius 3 is 2.29 bits per heavy atom. The fourth-order valence-electron chi connectivity index (χ4n) is 3.40. The zero-order valence-electron chi connectivity index (χ0n) is 17.4. The predicted octanol–water partition coefficient (Wildman–Crippen LogP) is 4.59. The fraction of sp³-hybridized carbons (Fsp3) is 0.160. The molecule has 0 bridgehead atoms. The van der Waals surface area contributed by atoms with Crippen molar-refractivity contribution in [3.8, 4) is 0 Å². The highest BCUT2D eigenvalue weighted by molar-refractivity contribution is 8.00. The zero-order valence-corrected chi connectivity index (χ0v) is 18.3. The second kappa shape index (κ2) is 9.18. The summed E-state index contributed by atoms with van der Waals surface area (Å²) in [4.78, 5) is 32.7. The molecule has 1 aromatic heterocycles. The van der Waals surface area contributed by atoms with Crippen LogP contribution in [0.1, 0.15) is 12.5 Å². The summed E-state index contributed by atoms with van der Waals surface area (Å²) in [7, 11) is 1.76. The minimum absolute atomic E-state index is 0.0510. The first-order valence-corrected chi connectivity index (χ1v) is 11.0. The van der Waals surface area contributed by atoms with Gasteiger partial charge in [0.05, 0.1) is 22.7 Å². The Labute approximate surface area is 185 Å². The number of amides is 1. The average Bonchev–Trinajstić information content (AvgIpc) is 2.82. The van der Waals surface area contributed by atoms with Crippen LogP contribution in [0.5, 0.6) is 0 Å². The Balaban J connectivity index is 1.69. The van der Waals surface area contributed by atoms with Crippen LogP contribution in [0.25, 0.3) is 10.9 Å². The SMILES string of the molecule is C[C@H](Sc1nc2ccccc2c(=O)n1Cc1ccccc1)C(=O)N(C)c1ccccc1. The summed E-state index contributed by atoms with van der Waals surface area (Å²) in [6.45, 7) is 2.25. The molecule has 6 heteroatoms. The Bertz CT molecular complexity index is 1260. The monoisotopic (exact) mass is 429 g/mol. The molecule has 0 saturated heterocycles. The summed E-state index contributed by atoms with van der Waals surface area (Å²) in [6, 6.07) is 26.6. The number of aromatic nitrogens is 2. The van der Waals surface area contributed by atoms with Crippen molar-refractivity contribution in [1.29, 1.82) is 0 Å². The third-order valence-corrected chi connectivity index (χ3v) is 6.19. The molecule has 0 aliphatic heterocycles. The summed E-state index contributed by atoms with van der Waals surface area (Å²) in [5.41, 5.74) is 2.36. The number of hydrogen-bond donors (Lipinski definition) is 0.